The third kappa shape index (κ3) is 1.71. The van der Waals surface area contributed by atoms with E-state index in [4.69, 9.17) is 5.11 Å². The summed E-state index contributed by atoms with van der Waals surface area (Å²) in [5.74, 6) is 2.05. The first-order chi connectivity index (χ1) is 7.57. The number of alkyl halides is 1. The van der Waals surface area contributed by atoms with Gasteiger partial charge >= 0.3 is 5.97 Å². The Balaban J connectivity index is 1.80. The summed E-state index contributed by atoms with van der Waals surface area (Å²) >= 11 is 3.69. The average Bonchev–Trinajstić information content (AvgIpc) is 2.13. The minimum atomic E-state index is -0.655. The fourth-order valence-corrected chi connectivity index (χ4v) is 5.77. The zero-order valence-corrected chi connectivity index (χ0v) is 11.1. The summed E-state index contributed by atoms with van der Waals surface area (Å²) in [4.78, 5) is 11.1. The molecule has 16 heavy (non-hydrogen) atoms. The van der Waals surface area contributed by atoms with Crippen molar-refractivity contribution in [2.75, 3.05) is 0 Å². The predicted molar refractivity (Wildman–Crippen MR) is 65.6 cm³/mol. The highest BCUT2D eigenvalue weighted by Gasteiger charge is 2.53. The molecule has 4 aliphatic rings. The zero-order chi connectivity index (χ0) is 11.3. The van der Waals surface area contributed by atoms with Gasteiger partial charge < -0.3 is 5.11 Å². The predicted octanol–water partition coefficient (Wildman–Crippen LogP) is 3.44. The molecule has 90 valence electrons. The van der Waals surface area contributed by atoms with Gasteiger partial charge in [0, 0.05) is 4.83 Å². The maximum absolute atomic E-state index is 10.9. The quantitative estimate of drug-likeness (QED) is 0.807. The Kier molecular flexibility index (Phi) is 2.58. The monoisotopic (exact) mass is 286 g/mol. The Hall–Kier alpha value is -0.0500. The van der Waals surface area contributed by atoms with Gasteiger partial charge in [-0.1, -0.05) is 15.9 Å². The highest BCUT2D eigenvalue weighted by atomic mass is 79.9. The fraction of sp³-hybridized carbons (Fsp3) is 0.923. The lowest BCUT2D eigenvalue weighted by Gasteiger charge is -2.58. The van der Waals surface area contributed by atoms with Crippen molar-refractivity contribution in [1.82, 2.24) is 0 Å². The number of aliphatic carboxylic acids is 1. The van der Waals surface area contributed by atoms with Crippen LogP contribution in [0.2, 0.25) is 0 Å². The number of hydrogen-bond acceptors (Lipinski definition) is 1. The summed E-state index contributed by atoms with van der Waals surface area (Å²) in [6, 6.07) is 0. The number of hydrogen-bond donors (Lipinski definition) is 1. The van der Waals surface area contributed by atoms with E-state index in [0.29, 0.717) is 11.8 Å². The average molecular weight is 287 g/mol. The lowest BCUT2D eigenvalue weighted by atomic mass is 9.48. The van der Waals surface area contributed by atoms with Crippen molar-refractivity contribution in [3.8, 4) is 0 Å². The van der Waals surface area contributed by atoms with E-state index >= 15 is 0 Å². The Bertz CT molecular complexity index is 278. The molecule has 0 heterocycles. The van der Waals surface area contributed by atoms with Crippen molar-refractivity contribution in [3.05, 3.63) is 0 Å². The number of carbonyl (C=O) groups is 1. The maximum atomic E-state index is 10.9. The molecule has 3 heteroatoms. The maximum Gasteiger partial charge on any atom is 0.304 e. The van der Waals surface area contributed by atoms with Crippen molar-refractivity contribution in [3.63, 3.8) is 0 Å². The smallest absolute Gasteiger partial charge is 0.304 e. The SMILES string of the molecule is O=C(O)CC(Br)C12CC3CC(CC(C3)C1)C2. The molecule has 4 aliphatic carbocycles. The molecule has 1 unspecified atom stereocenters. The van der Waals surface area contributed by atoms with Gasteiger partial charge in [-0.25, -0.2) is 0 Å². The van der Waals surface area contributed by atoms with Gasteiger partial charge in [-0.2, -0.15) is 0 Å². The molecule has 0 saturated heterocycles. The first-order valence-corrected chi connectivity index (χ1v) is 7.35. The molecule has 2 nitrogen and oxygen atoms in total. The van der Waals surface area contributed by atoms with Crippen molar-refractivity contribution in [2.24, 2.45) is 23.2 Å². The van der Waals surface area contributed by atoms with Gasteiger partial charge in [-0.3, -0.25) is 4.79 Å². The molecule has 0 radical (unpaired) electrons. The van der Waals surface area contributed by atoms with Crippen molar-refractivity contribution < 1.29 is 9.90 Å². The largest absolute Gasteiger partial charge is 0.481 e. The second-order valence-corrected chi connectivity index (χ2v) is 7.45. The third-order valence-corrected chi connectivity index (χ3v) is 6.40. The molecule has 0 amide bonds. The molecule has 0 aliphatic heterocycles. The molecule has 4 fully saturated rings. The van der Waals surface area contributed by atoms with Gasteiger partial charge in [0.2, 0.25) is 0 Å². The van der Waals surface area contributed by atoms with Crippen LogP contribution in [-0.4, -0.2) is 15.9 Å². The van der Waals surface area contributed by atoms with E-state index in [1.54, 1.807) is 0 Å². The summed E-state index contributed by atoms with van der Waals surface area (Å²) in [6.07, 6.45) is 8.41. The molecule has 0 aromatic rings. The molecule has 4 bridgehead atoms. The minimum absolute atomic E-state index is 0.200. The Morgan fingerprint density at radius 2 is 1.62 bits per heavy atom. The van der Waals surface area contributed by atoms with Crippen molar-refractivity contribution in [1.29, 1.82) is 0 Å². The summed E-state index contributed by atoms with van der Waals surface area (Å²) in [5.41, 5.74) is 0.327. The van der Waals surface area contributed by atoms with Crippen LogP contribution in [0.15, 0.2) is 0 Å². The normalized spacial score (nSPS) is 46.9. The summed E-state index contributed by atoms with van der Waals surface area (Å²) in [5, 5.41) is 8.96. The number of carboxylic acids is 1. The molecule has 1 N–H and O–H groups in total. The van der Waals surface area contributed by atoms with Gasteiger partial charge in [-0.05, 0) is 61.7 Å². The molecule has 0 spiro atoms. The van der Waals surface area contributed by atoms with Crippen LogP contribution in [0.1, 0.15) is 44.9 Å². The van der Waals surface area contributed by atoms with E-state index in [1.807, 2.05) is 0 Å². The number of rotatable bonds is 3. The molecule has 0 aromatic carbocycles. The third-order valence-electron chi connectivity index (χ3n) is 5.10. The molecule has 0 aromatic heterocycles. The van der Waals surface area contributed by atoms with Crippen LogP contribution >= 0.6 is 15.9 Å². The minimum Gasteiger partial charge on any atom is -0.481 e. The molecule has 4 rings (SSSR count). The van der Waals surface area contributed by atoms with Crippen LogP contribution in [0, 0.1) is 23.2 Å². The van der Waals surface area contributed by atoms with Gasteiger partial charge in [0.15, 0.2) is 0 Å². The zero-order valence-electron chi connectivity index (χ0n) is 9.49. The van der Waals surface area contributed by atoms with E-state index in [-0.39, 0.29) is 4.83 Å². The van der Waals surface area contributed by atoms with E-state index in [1.165, 1.54) is 38.5 Å². The second-order valence-electron chi connectivity index (χ2n) is 6.35. The summed E-state index contributed by atoms with van der Waals surface area (Å²) in [7, 11) is 0. The lowest BCUT2D eigenvalue weighted by molar-refractivity contribution is -0.138. The molecule has 4 saturated carbocycles. The standard InChI is InChI=1S/C13H19BrO2/c14-11(4-12(15)16)13-5-8-1-9(6-13)3-10(2-8)7-13/h8-11H,1-7H2,(H,15,16). The highest BCUT2D eigenvalue weighted by Crippen LogP contribution is 2.62. The number of halogens is 1. The Morgan fingerprint density at radius 1 is 1.19 bits per heavy atom. The van der Waals surface area contributed by atoms with Crippen LogP contribution in [0.4, 0.5) is 0 Å². The van der Waals surface area contributed by atoms with E-state index in [9.17, 15) is 4.79 Å². The number of carboxylic acid groups (broad SMARTS) is 1. The first-order valence-electron chi connectivity index (χ1n) is 6.43. The van der Waals surface area contributed by atoms with Crippen molar-refractivity contribution in [2.45, 2.75) is 49.8 Å². The lowest BCUT2D eigenvalue weighted by Crippen LogP contribution is -2.50. The first kappa shape index (κ1) is 11.1. The summed E-state index contributed by atoms with van der Waals surface area (Å²) < 4.78 is 0. The van der Waals surface area contributed by atoms with Crippen LogP contribution in [0.5, 0.6) is 0 Å². The van der Waals surface area contributed by atoms with Crippen LogP contribution < -0.4 is 0 Å². The van der Waals surface area contributed by atoms with Crippen LogP contribution in [0.25, 0.3) is 0 Å². The van der Waals surface area contributed by atoms with Gasteiger partial charge in [0.05, 0.1) is 6.42 Å². The Labute approximate surface area is 105 Å². The van der Waals surface area contributed by atoms with Crippen molar-refractivity contribution >= 4 is 21.9 Å². The molecular formula is C13H19BrO2. The van der Waals surface area contributed by atoms with Gasteiger partial charge in [0.25, 0.3) is 0 Å². The van der Waals surface area contributed by atoms with Crippen LogP contribution in [-0.2, 0) is 4.79 Å². The highest BCUT2D eigenvalue weighted by molar-refractivity contribution is 9.09. The molecular weight excluding hydrogens is 268 g/mol. The Morgan fingerprint density at radius 3 is 2.00 bits per heavy atom. The second kappa shape index (κ2) is 3.72. The van der Waals surface area contributed by atoms with E-state index < -0.39 is 5.97 Å². The van der Waals surface area contributed by atoms with E-state index in [2.05, 4.69) is 15.9 Å². The summed E-state index contributed by atoms with van der Waals surface area (Å²) in [6.45, 7) is 0. The van der Waals surface area contributed by atoms with Crippen LogP contribution in [0.3, 0.4) is 0 Å². The topological polar surface area (TPSA) is 37.3 Å². The van der Waals surface area contributed by atoms with Gasteiger partial charge in [0.1, 0.15) is 0 Å². The molecule has 1 atom stereocenters. The van der Waals surface area contributed by atoms with E-state index in [0.717, 1.165) is 17.8 Å². The van der Waals surface area contributed by atoms with Gasteiger partial charge in [-0.15, -0.1) is 0 Å². The fourth-order valence-electron chi connectivity index (χ4n) is 4.93.